The van der Waals surface area contributed by atoms with Crippen molar-refractivity contribution in [1.82, 2.24) is 0 Å². The molecular weight excluding hydrogens is 266 g/mol. The topological polar surface area (TPSA) is 53.7 Å². The van der Waals surface area contributed by atoms with E-state index in [0.717, 1.165) is 25.4 Å². The van der Waals surface area contributed by atoms with Gasteiger partial charge >= 0.3 is 0 Å². The fraction of sp³-hybridized carbons (Fsp3) is 1.00. The van der Waals surface area contributed by atoms with Gasteiger partial charge in [-0.25, -0.2) is 0 Å². The van der Waals surface area contributed by atoms with Crippen molar-refractivity contribution < 1.29 is 14.2 Å². The van der Waals surface area contributed by atoms with Gasteiger partial charge in [0.25, 0.3) is 0 Å². The second-order valence-corrected chi connectivity index (χ2v) is 6.73. The standard InChI is InChI=1S/C17H37NO3/c1-7-15(8-2)9-12-20-16(3,4)10-14-21-17(5,18)11-13-19-6/h15H,7-14,18H2,1-6H3. The van der Waals surface area contributed by atoms with E-state index in [0.29, 0.717) is 19.6 Å². The summed E-state index contributed by atoms with van der Waals surface area (Å²) in [5.41, 5.74) is 5.28. The van der Waals surface area contributed by atoms with Crippen LogP contribution in [0.5, 0.6) is 0 Å². The highest BCUT2D eigenvalue weighted by molar-refractivity contribution is 4.71. The zero-order valence-electron chi connectivity index (χ0n) is 15.0. The molecule has 0 bridgehead atoms. The number of nitrogens with two attached hydrogens (primary N) is 1. The van der Waals surface area contributed by atoms with Gasteiger partial charge in [-0.05, 0) is 39.5 Å². The van der Waals surface area contributed by atoms with Crippen molar-refractivity contribution in [3.8, 4) is 0 Å². The fourth-order valence-corrected chi connectivity index (χ4v) is 2.18. The van der Waals surface area contributed by atoms with Crippen LogP contribution in [0.3, 0.4) is 0 Å². The van der Waals surface area contributed by atoms with Crippen molar-refractivity contribution >= 4 is 0 Å². The first-order valence-corrected chi connectivity index (χ1v) is 8.32. The average molecular weight is 303 g/mol. The minimum Gasteiger partial charge on any atom is -0.385 e. The first kappa shape index (κ1) is 20.8. The molecule has 0 fully saturated rings. The van der Waals surface area contributed by atoms with Gasteiger partial charge in [0, 0.05) is 20.1 Å². The lowest BCUT2D eigenvalue weighted by atomic mass is 10.00. The average Bonchev–Trinajstić information content (AvgIpc) is 2.41. The Hall–Kier alpha value is -0.160. The lowest BCUT2D eigenvalue weighted by Crippen LogP contribution is -2.41. The molecular formula is C17H37NO3. The van der Waals surface area contributed by atoms with Crippen LogP contribution in [-0.4, -0.2) is 38.3 Å². The monoisotopic (exact) mass is 303 g/mol. The van der Waals surface area contributed by atoms with Crippen LogP contribution in [0.15, 0.2) is 0 Å². The van der Waals surface area contributed by atoms with E-state index in [1.165, 1.54) is 12.8 Å². The first-order valence-electron chi connectivity index (χ1n) is 8.32. The van der Waals surface area contributed by atoms with Gasteiger partial charge in [-0.3, -0.25) is 0 Å². The molecule has 0 aliphatic carbocycles. The summed E-state index contributed by atoms with van der Waals surface area (Å²) in [7, 11) is 1.67. The summed E-state index contributed by atoms with van der Waals surface area (Å²) >= 11 is 0. The Labute approximate surface area is 131 Å². The maximum atomic E-state index is 6.07. The van der Waals surface area contributed by atoms with Crippen LogP contribution in [0.25, 0.3) is 0 Å². The predicted molar refractivity (Wildman–Crippen MR) is 88.4 cm³/mol. The van der Waals surface area contributed by atoms with E-state index in [9.17, 15) is 0 Å². The normalized spacial score (nSPS) is 15.4. The summed E-state index contributed by atoms with van der Waals surface area (Å²) in [4.78, 5) is 0. The summed E-state index contributed by atoms with van der Waals surface area (Å²) in [6, 6.07) is 0. The van der Waals surface area contributed by atoms with Crippen LogP contribution in [0.2, 0.25) is 0 Å². The molecule has 0 amide bonds. The van der Waals surface area contributed by atoms with E-state index in [-0.39, 0.29) is 5.60 Å². The molecule has 0 heterocycles. The third kappa shape index (κ3) is 11.1. The molecule has 0 aromatic carbocycles. The second-order valence-electron chi connectivity index (χ2n) is 6.73. The molecule has 2 N–H and O–H groups in total. The molecule has 128 valence electrons. The van der Waals surface area contributed by atoms with E-state index < -0.39 is 5.72 Å². The molecule has 0 aliphatic rings. The smallest absolute Gasteiger partial charge is 0.116 e. The minimum absolute atomic E-state index is 0.163. The summed E-state index contributed by atoms with van der Waals surface area (Å²) in [6.07, 6.45) is 5.14. The van der Waals surface area contributed by atoms with E-state index in [4.69, 9.17) is 19.9 Å². The lowest BCUT2D eigenvalue weighted by Gasteiger charge is -2.30. The van der Waals surface area contributed by atoms with Crippen molar-refractivity contribution in [2.24, 2.45) is 11.7 Å². The molecule has 1 atom stereocenters. The van der Waals surface area contributed by atoms with Crippen molar-refractivity contribution in [2.45, 2.75) is 78.0 Å². The Morgan fingerprint density at radius 3 is 2.05 bits per heavy atom. The largest absolute Gasteiger partial charge is 0.385 e. The van der Waals surface area contributed by atoms with Gasteiger partial charge in [0.1, 0.15) is 5.72 Å². The molecule has 0 aromatic rings. The molecule has 0 rings (SSSR count). The fourth-order valence-electron chi connectivity index (χ4n) is 2.18. The molecule has 0 spiro atoms. The summed E-state index contributed by atoms with van der Waals surface area (Å²) in [6.45, 7) is 12.7. The zero-order valence-corrected chi connectivity index (χ0v) is 15.0. The number of hydrogen-bond donors (Lipinski definition) is 1. The van der Waals surface area contributed by atoms with Gasteiger partial charge in [-0.2, -0.15) is 0 Å². The summed E-state index contributed by atoms with van der Waals surface area (Å²) in [5.74, 6) is 0.776. The van der Waals surface area contributed by atoms with E-state index in [1.807, 2.05) is 6.92 Å². The minimum atomic E-state index is -0.623. The van der Waals surface area contributed by atoms with Crippen molar-refractivity contribution in [2.75, 3.05) is 26.9 Å². The third-order valence-electron chi connectivity index (χ3n) is 4.11. The van der Waals surface area contributed by atoms with E-state index >= 15 is 0 Å². The molecule has 1 unspecified atom stereocenters. The highest BCUT2D eigenvalue weighted by atomic mass is 16.5. The molecule has 21 heavy (non-hydrogen) atoms. The van der Waals surface area contributed by atoms with Gasteiger partial charge in [0.2, 0.25) is 0 Å². The molecule has 0 radical (unpaired) electrons. The van der Waals surface area contributed by atoms with Gasteiger partial charge in [-0.1, -0.05) is 26.7 Å². The Balaban J connectivity index is 3.91. The number of ether oxygens (including phenoxy) is 3. The summed E-state index contributed by atoms with van der Waals surface area (Å²) < 4.78 is 16.8. The van der Waals surface area contributed by atoms with Crippen molar-refractivity contribution in [1.29, 1.82) is 0 Å². The highest BCUT2D eigenvalue weighted by Gasteiger charge is 2.23. The van der Waals surface area contributed by atoms with Gasteiger partial charge in [-0.15, -0.1) is 0 Å². The van der Waals surface area contributed by atoms with Gasteiger partial charge in [0.05, 0.1) is 18.8 Å². The van der Waals surface area contributed by atoms with Crippen LogP contribution in [0.4, 0.5) is 0 Å². The van der Waals surface area contributed by atoms with Crippen LogP contribution in [-0.2, 0) is 14.2 Å². The van der Waals surface area contributed by atoms with Crippen LogP contribution >= 0.6 is 0 Å². The Kier molecular flexibility index (Phi) is 10.5. The molecule has 0 saturated carbocycles. The Bertz CT molecular complexity index is 250. The second kappa shape index (κ2) is 10.5. The van der Waals surface area contributed by atoms with Gasteiger partial charge in [0.15, 0.2) is 0 Å². The molecule has 4 heteroatoms. The molecule has 0 aliphatic heterocycles. The summed E-state index contributed by atoms with van der Waals surface area (Å²) in [5, 5.41) is 0. The highest BCUT2D eigenvalue weighted by Crippen LogP contribution is 2.19. The quantitative estimate of drug-likeness (QED) is 0.527. The molecule has 0 aromatic heterocycles. The molecule has 4 nitrogen and oxygen atoms in total. The SMILES string of the molecule is CCC(CC)CCOC(C)(C)CCOC(C)(N)CCOC. The maximum absolute atomic E-state index is 6.07. The van der Waals surface area contributed by atoms with Crippen LogP contribution in [0, 0.1) is 5.92 Å². The van der Waals surface area contributed by atoms with Gasteiger partial charge < -0.3 is 19.9 Å². The first-order chi connectivity index (χ1) is 9.76. The lowest BCUT2D eigenvalue weighted by molar-refractivity contribution is -0.0854. The maximum Gasteiger partial charge on any atom is 0.116 e. The van der Waals surface area contributed by atoms with E-state index in [2.05, 4.69) is 27.7 Å². The Morgan fingerprint density at radius 2 is 1.52 bits per heavy atom. The predicted octanol–water partition coefficient (Wildman–Crippen LogP) is 3.73. The van der Waals surface area contributed by atoms with Crippen molar-refractivity contribution in [3.63, 3.8) is 0 Å². The van der Waals surface area contributed by atoms with Crippen LogP contribution in [0.1, 0.15) is 66.7 Å². The van der Waals surface area contributed by atoms with E-state index in [1.54, 1.807) is 7.11 Å². The zero-order chi connectivity index (χ0) is 16.4. The number of hydrogen-bond acceptors (Lipinski definition) is 4. The Morgan fingerprint density at radius 1 is 0.905 bits per heavy atom. The number of rotatable bonds is 13. The molecule has 0 saturated heterocycles. The van der Waals surface area contributed by atoms with Crippen molar-refractivity contribution in [3.05, 3.63) is 0 Å². The third-order valence-corrected chi connectivity index (χ3v) is 4.11. The number of methoxy groups -OCH3 is 1. The van der Waals surface area contributed by atoms with Crippen LogP contribution < -0.4 is 5.73 Å².